The normalized spacial score (nSPS) is 10.4. The highest BCUT2D eigenvalue weighted by Crippen LogP contribution is 2.31. The summed E-state index contributed by atoms with van der Waals surface area (Å²) in [6.45, 7) is 4.54. The van der Waals surface area contributed by atoms with Gasteiger partial charge in [-0.05, 0) is 103 Å². The van der Waals surface area contributed by atoms with Crippen LogP contribution in [0.15, 0.2) is 110 Å². The van der Waals surface area contributed by atoms with Crippen molar-refractivity contribution in [1.82, 2.24) is 9.97 Å². The van der Waals surface area contributed by atoms with E-state index in [0.29, 0.717) is 35.8 Å². The number of pyridine rings is 2. The van der Waals surface area contributed by atoms with Gasteiger partial charge in [0.15, 0.2) is 0 Å². The summed E-state index contributed by atoms with van der Waals surface area (Å²) in [6, 6.07) is 21.4. The molecule has 4 N–H and O–H groups in total. The van der Waals surface area contributed by atoms with E-state index in [0.717, 1.165) is 36.5 Å². The molecule has 0 saturated carbocycles. The number of carbonyl (C=O) groups is 4. The first kappa shape index (κ1) is 41.5. The Morgan fingerprint density at radius 1 is 0.569 bits per heavy atom. The monoisotopic (exact) mass is 796 g/mol. The van der Waals surface area contributed by atoms with Crippen molar-refractivity contribution in [3.8, 4) is 33.8 Å². The van der Waals surface area contributed by atoms with Gasteiger partial charge < -0.3 is 30.3 Å². The first-order valence-electron chi connectivity index (χ1n) is 17.2. The molecule has 0 atom stereocenters. The summed E-state index contributed by atoms with van der Waals surface area (Å²) in [5.74, 6) is -7.67. The molecular weight excluding hydrogens is 764 g/mol. The maximum atomic E-state index is 14.6. The standard InChI is InChI=1S/2C21H16F2N2O4/c1-2-29-14-6-3-5-12(9-14)13-10-16(22)19(17(23)11-13)25-20(26)18-15(21(27)28)7-4-8-24-18;1-2-29-14-5-3-4-12(8-14)13-9-17(22)19(18(23)10-13)25-20(26)15-6-7-24-11-16(15)21(27)28/h2*3-11H,2H2,1H3,(H,25,26)(H,27,28). The van der Waals surface area contributed by atoms with Crippen LogP contribution in [-0.4, -0.2) is 57.1 Å². The second-order valence-corrected chi connectivity index (χ2v) is 11.9. The van der Waals surface area contributed by atoms with E-state index < -0.39 is 64.1 Å². The number of amides is 2. The van der Waals surface area contributed by atoms with Gasteiger partial charge in [0.25, 0.3) is 11.8 Å². The average molecular weight is 797 g/mol. The van der Waals surface area contributed by atoms with Gasteiger partial charge in [0.2, 0.25) is 0 Å². The van der Waals surface area contributed by atoms with Crippen LogP contribution < -0.4 is 20.1 Å². The summed E-state index contributed by atoms with van der Waals surface area (Å²) in [5.41, 5.74) is -1.26. The van der Waals surface area contributed by atoms with Crippen LogP contribution >= 0.6 is 0 Å². The maximum absolute atomic E-state index is 14.6. The highest BCUT2D eigenvalue weighted by atomic mass is 19.1. The number of ether oxygens (including phenoxy) is 2. The van der Waals surface area contributed by atoms with Crippen molar-refractivity contribution < 1.29 is 56.4 Å². The molecule has 0 aliphatic rings. The fourth-order valence-electron chi connectivity index (χ4n) is 5.46. The number of halogens is 4. The summed E-state index contributed by atoms with van der Waals surface area (Å²) < 4.78 is 69.0. The molecule has 6 rings (SSSR count). The van der Waals surface area contributed by atoms with Gasteiger partial charge in [-0.3, -0.25) is 19.6 Å². The van der Waals surface area contributed by atoms with E-state index >= 15 is 0 Å². The lowest BCUT2D eigenvalue weighted by Crippen LogP contribution is -2.19. The van der Waals surface area contributed by atoms with Crippen LogP contribution in [0.4, 0.5) is 28.9 Å². The molecule has 0 bridgehead atoms. The maximum Gasteiger partial charge on any atom is 0.338 e. The van der Waals surface area contributed by atoms with E-state index in [9.17, 15) is 36.7 Å². The Kier molecular flexibility index (Phi) is 13.5. The quantitative estimate of drug-likeness (QED) is 0.0876. The van der Waals surface area contributed by atoms with Crippen molar-refractivity contribution in [2.45, 2.75) is 13.8 Å². The summed E-state index contributed by atoms with van der Waals surface area (Å²) >= 11 is 0. The number of anilines is 2. The molecule has 0 aliphatic carbocycles. The van der Waals surface area contributed by atoms with Gasteiger partial charge in [-0.25, -0.2) is 27.2 Å². The van der Waals surface area contributed by atoms with E-state index in [1.165, 1.54) is 24.5 Å². The number of nitrogens with zero attached hydrogens (tertiary/aromatic N) is 2. The van der Waals surface area contributed by atoms with Gasteiger partial charge in [-0.1, -0.05) is 24.3 Å². The van der Waals surface area contributed by atoms with Crippen LogP contribution in [0.2, 0.25) is 0 Å². The third kappa shape index (κ3) is 9.97. The van der Waals surface area contributed by atoms with E-state index in [4.69, 9.17) is 19.7 Å². The number of carboxylic acid groups (broad SMARTS) is 2. The third-order valence-electron chi connectivity index (χ3n) is 8.07. The predicted molar refractivity (Wildman–Crippen MR) is 204 cm³/mol. The zero-order valence-corrected chi connectivity index (χ0v) is 30.6. The summed E-state index contributed by atoms with van der Waals surface area (Å²) in [6.07, 6.45) is 3.41. The molecule has 0 radical (unpaired) electrons. The molecule has 0 unspecified atom stereocenters. The molecule has 296 valence electrons. The fourth-order valence-corrected chi connectivity index (χ4v) is 5.46. The highest BCUT2D eigenvalue weighted by molar-refractivity contribution is 6.11. The molecule has 0 saturated heterocycles. The second-order valence-electron chi connectivity index (χ2n) is 11.9. The number of carbonyl (C=O) groups excluding carboxylic acids is 2. The number of hydrogen-bond donors (Lipinski definition) is 4. The summed E-state index contributed by atoms with van der Waals surface area (Å²) in [5, 5.41) is 22.4. The molecule has 16 heteroatoms. The molecule has 12 nitrogen and oxygen atoms in total. The highest BCUT2D eigenvalue weighted by Gasteiger charge is 2.23. The molecule has 2 heterocycles. The number of benzene rings is 4. The number of carboxylic acids is 2. The Morgan fingerprint density at radius 3 is 1.52 bits per heavy atom. The van der Waals surface area contributed by atoms with Crippen LogP contribution in [0.1, 0.15) is 55.4 Å². The molecule has 4 aromatic carbocycles. The van der Waals surface area contributed by atoms with Crippen LogP contribution in [0.5, 0.6) is 11.5 Å². The summed E-state index contributed by atoms with van der Waals surface area (Å²) in [4.78, 5) is 54.4. The molecule has 6 aromatic rings. The topological polar surface area (TPSA) is 177 Å². The molecular formula is C42H32F4N4O8. The Bertz CT molecular complexity index is 2300. The van der Waals surface area contributed by atoms with Crippen molar-refractivity contribution in [3.63, 3.8) is 0 Å². The van der Waals surface area contributed by atoms with Crippen molar-refractivity contribution in [2.75, 3.05) is 23.8 Å². The number of aromatic carboxylic acids is 2. The average Bonchev–Trinajstić information content (AvgIpc) is 3.21. The van der Waals surface area contributed by atoms with Crippen molar-refractivity contribution in [2.24, 2.45) is 0 Å². The van der Waals surface area contributed by atoms with E-state index in [-0.39, 0.29) is 27.8 Å². The molecule has 2 amide bonds. The van der Waals surface area contributed by atoms with Crippen LogP contribution in [-0.2, 0) is 0 Å². The molecule has 2 aromatic heterocycles. The van der Waals surface area contributed by atoms with E-state index in [1.807, 2.05) is 13.8 Å². The molecule has 58 heavy (non-hydrogen) atoms. The number of aromatic nitrogens is 2. The Balaban J connectivity index is 0.000000221. The number of rotatable bonds is 12. The largest absolute Gasteiger partial charge is 0.494 e. The minimum absolute atomic E-state index is 0.253. The van der Waals surface area contributed by atoms with Crippen molar-refractivity contribution in [3.05, 3.63) is 155 Å². The Morgan fingerprint density at radius 2 is 1.05 bits per heavy atom. The van der Waals surface area contributed by atoms with Gasteiger partial charge in [-0.2, -0.15) is 0 Å². The third-order valence-corrected chi connectivity index (χ3v) is 8.07. The van der Waals surface area contributed by atoms with Gasteiger partial charge in [0.05, 0.1) is 29.9 Å². The van der Waals surface area contributed by atoms with Crippen molar-refractivity contribution >= 4 is 35.1 Å². The zero-order valence-electron chi connectivity index (χ0n) is 30.6. The Labute approximate surface area is 327 Å². The van der Waals surface area contributed by atoms with E-state index in [1.54, 1.807) is 48.5 Å². The SMILES string of the molecule is CCOc1cccc(-c2cc(F)c(NC(=O)c3ccncc3C(=O)O)c(F)c2)c1.CCOc1cccc(-c2cc(F)c(NC(=O)c3ncccc3C(=O)O)c(F)c2)c1. The lowest BCUT2D eigenvalue weighted by Gasteiger charge is -2.12. The molecule has 0 spiro atoms. The lowest BCUT2D eigenvalue weighted by molar-refractivity contribution is 0.0683. The number of nitrogens with one attached hydrogen (secondary N) is 2. The van der Waals surface area contributed by atoms with Crippen LogP contribution in [0.3, 0.4) is 0 Å². The predicted octanol–water partition coefficient (Wildman–Crippen LogP) is 8.75. The molecule has 0 aliphatic heterocycles. The number of hydrogen-bond acceptors (Lipinski definition) is 8. The zero-order chi connectivity index (χ0) is 41.9. The van der Waals surface area contributed by atoms with Gasteiger partial charge in [-0.15, -0.1) is 0 Å². The van der Waals surface area contributed by atoms with Gasteiger partial charge in [0.1, 0.15) is 51.8 Å². The second kappa shape index (κ2) is 18.8. The fraction of sp³-hybridized carbons (Fsp3) is 0.0952. The van der Waals surface area contributed by atoms with Gasteiger partial charge >= 0.3 is 11.9 Å². The Hall–Kier alpha value is -7.62. The van der Waals surface area contributed by atoms with Crippen molar-refractivity contribution in [1.29, 1.82) is 0 Å². The molecule has 0 fully saturated rings. The first-order chi connectivity index (χ1) is 27.8. The first-order valence-corrected chi connectivity index (χ1v) is 17.2. The van der Waals surface area contributed by atoms with Gasteiger partial charge in [0, 0.05) is 18.6 Å². The minimum atomic E-state index is -1.38. The minimum Gasteiger partial charge on any atom is -0.494 e. The van der Waals surface area contributed by atoms with Crippen LogP contribution in [0, 0.1) is 23.3 Å². The lowest BCUT2D eigenvalue weighted by atomic mass is 10.0. The smallest absolute Gasteiger partial charge is 0.338 e. The van der Waals surface area contributed by atoms with E-state index in [2.05, 4.69) is 20.6 Å². The summed E-state index contributed by atoms with van der Waals surface area (Å²) in [7, 11) is 0. The van der Waals surface area contributed by atoms with Crippen LogP contribution in [0.25, 0.3) is 22.3 Å².